The molecule has 1 nitrogen and oxygen atoms in total. The highest BCUT2D eigenvalue weighted by atomic mass is 19.1. The normalized spacial score (nSPS) is 29.1. The third-order valence-corrected chi connectivity index (χ3v) is 4.26. The maximum absolute atomic E-state index is 13.8. The van der Waals surface area contributed by atoms with Gasteiger partial charge in [0.05, 0.1) is 5.69 Å². The smallest absolute Gasteiger partial charge is 0.146 e. The molecule has 0 amide bonds. The fourth-order valence-corrected chi connectivity index (χ4v) is 2.79. The minimum atomic E-state index is -0.129. The molecule has 0 heterocycles. The van der Waals surface area contributed by atoms with Crippen LogP contribution >= 0.6 is 0 Å². The molecule has 0 aromatic heterocycles. The standard InChI is InChI=1S/C15H22FN/c1-10-6-5-9-14(12(10)3)17-15-11(2)7-4-8-13(15)16/h4,7-8,10,12,14,17H,5-6,9H2,1-3H3. The molecule has 0 radical (unpaired) electrons. The Morgan fingerprint density at radius 1 is 1.24 bits per heavy atom. The van der Waals surface area contributed by atoms with Gasteiger partial charge in [0.25, 0.3) is 0 Å². The molecule has 94 valence electrons. The number of benzene rings is 1. The highest BCUT2D eigenvalue weighted by Crippen LogP contribution is 2.32. The van der Waals surface area contributed by atoms with Gasteiger partial charge in [-0.2, -0.15) is 0 Å². The number of anilines is 1. The first-order valence-corrected chi connectivity index (χ1v) is 6.61. The summed E-state index contributed by atoms with van der Waals surface area (Å²) in [6.45, 7) is 6.53. The summed E-state index contributed by atoms with van der Waals surface area (Å²) in [7, 11) is 0. The van der Waals surface area contributed by atoms with Crippen LogP contribution in [0.3, 0.4) is 0 Å². The van der Waals surface area contributed by atoms with Gasteiger partial charge in [0.2, 0.25) is 0 Å². The first kappa shape index (κ1) is 12.4. The lowest BCUT2D eigenvalue weighted by Crippen LogP contribution is -2.35. The van der Waals surface area contributed by atoms with E-state index in [9.17, 15) is 4.39 Å². The molecule has 2 rings (SSSR count). The third-order valence-electron chi connectivity index (χ3n) is 4.26. The van der Waals surface area contributed by atoms with Crippen molar-refractivity contribution in [1.82, 2.24) is 0 Å². The summed E-state index contributed by atoms with van der Waals surface area (Å²) in [4.78, 5) is 0. The Morgan fingerprint density at radius 2 is 2.00 bits per heavy atom. The van der Waals surface area contributed by atoms with E-state index in [4.69, 9.17) is 0 Å². The van der Waals surface area contributed by atoms with Crippen molar-refractivity contribution in [2.45, 2.75) is 46.1 Å². The molecule has 1 aromatic rings. The van der Waals surface area contributed by atoms with Gasteiger partial charge in [-0.3, -0.25) is 0 Å². The molecule has 1 aromatic carbocycles. The van der Waals surface area contributed by atoms with Crippen LogP contribution in [0.5, 0.6) is 0 Å². The molecule has 1 saturated carbocycles. The molecular weight excluding hydrogens is 213 g/mol. The van der Waals surface area contributed by atoms with Gasteiger partial charge in [-0.25, -0.2) is 4.39 Å². The van der Waals surface area contributed by atoms with Crippen LogP contribution in [0.15, 0.2) is 18.2 Å². The van der Waals surface area contributed by atoms with Gasteiger partial charge in [0, 0.05) is 6.04 Å². The largest absolute Gasteiger partial charge is 0.379 e. The second-order valence-electron chi connectivity index (χ2n) is 5.45. The van der Waals surface area contributed by atoms with E-state index in [0.29, 0.717) is 17.6 Å². The van der Waals surface area contributed by atoms with Crippen LogP contribution in [0.4, 0.5) is 10.1 Å². The number of hydrogen-bond donors (Lipinski definition) is 1. The molecule has 0 saturated heterocycles. The maximum Gasteiger partial charge on any atom is 0.146 e. The minimum absolute atomic E-state index is 0.129. The van der Waals surface area contributed by atoms with Crippen molar-refractivity contribution in [2.75, 3.05) is 5.32 Å². The molecule has 1 fully saturated rings. The van der Waals surface area contributed by atoms with Gasteiger partial charge in [-0.15, -0.1) is 0 Å². The monoisotopic (exact) mass is 235 g/mol. The Labute approximate surface area is 103 Å². The molecule has 1 N–H and O–H groups in total. The molecule has 3 atom stereocenters. The molecule has 0 aliphatic heterocycles. The van der Waals surface area contributed by atoms with Crippen LogP contribution in [-0.2, 0) is 0 Å². The van der Waals surface area contributed by atoms with Crippen LogP contribution in [0.1, 0.15) is 38.7 Å². The van der Waals surface area contributed by atoms with Crippen molar-refractivity contribution in [1.29, 1.82) is 0 Å². The zero-order chi connectivity index (χ0) is 12.4. The molecule has 3 unspecified atom stereocenters. The maximum atomic E-state index is 13.8. The number of halogens is 1. The van der Waals surface area contributed by atoms with Crippen LogP contribution in [0.2, 0.25) is 0 Å². The quantitative estimate of drug-likeness (QED) is 0.802. The summed E-state index contributed by atoms with van der Waals surface area (Å²) >= 11 is 0. The molecule has 2 heteroatoms. The molecule has 1 aliphatic carbocycles. The Kier molecular flexibility index (Phi) is 3.70. The van der Waals surface area contributed by atoms with Crippen LogP contribution in [0.25, 0.3) is 0 Å². The summed E-state index contributed by atoms with van der Waals surface area (Å²) < 4.78 is 13.8. The molecule has 0 spiro atoms. The molecule has 0 bridgehead atoms. The Balaban J connectivity index is 2.15. The zero-order valence-electron chi connectivity index (χ0n) is 11.0. The van der Waals surface area contributed by atoms with E-state index in [0.717, 1.165) is 17.9 Å². The van der Waals surface area contributed by atoms with E-state index in [2.05, 4.69) is 19.2 Å². The Hall–Kier alpha value is -1.05. The summed E-state index contributed by atoms with van der Waals surface area (Å²) in [5, 5.41) is 3.42. The summed E-state index contributed by atoms with van der Waals surface area (Å²) in [5.74, 6) is 1.21. The molecule has 1 aliphatic rings. The lowest BCUT2D eigenvalue weighted by molar-refractivity contribution is 0.252. The second kappa shape index (κ2) is 5.07. The van der Waals surface area contributed by atoms with E-state index >= 15 is 0 Å². The average molecular weight is 235 g/mol. The predicted octanol–water partition coefficient (Wildman–Crippen LogP) is 4.37. The number of aryl methyl sites for hydroxylation is 1. The van der Waals surface area contributed by atoms with Crippen molar-refractivity contribution in [3.63, 3.8) is 0 Å². The van der Waals surface area contributed by atoms with E-state index in [1.807, 2.05) is 13.0 Å². The van der Waals surface area contributed by atoms with Crippen molar-refractivity contribution in [2.24, 2.45) is 11.8 Å². The van der Waals surface area contributed by atoms with Gasteiger partial charge in [0.15, 0.2) is 0 Å². The van der Waals surface area contributed by atoms with Crippen LogP contribution < -0.4 is 5.32 Å². The van der Waals surface area contributed by atoms with Gasteiger partial charge in [-0.1, -0.05) is 38.8 Å². The van der Waals surface area contributed by atoms with Crippen molar-refractivity contribution < 1.29 is 4.39 Å². The van der Waals surface area contributed by atoms with Crippen molar-refractivity contribution in [3.8, 4) is 0 Å². The minimum Gasteiger partial charge on any atom is -0.379 e. The first-order chi connectivity index (χ1) is 8.09. The summed E-state index contributed by atoms with van der Waals surface area (Å²) in [5.41, 5.74) is 1.69. The van der Waals surface area contributed by atoms with E-state index in [-0.39, 0.29) is 5.82 Å². The van der Waals surface area contributed by atoms with E-state index in [1.165, 1.54) is 18.9 Å². The van der Waals surface area contributed by atoms with E-state index < -0.39 is 0 Å². The number of para-hydroxylation sites is 1. The van der Waals surface area contributed by atoms with Gasteiger partial charge >= 0.3 is 0 Å². The topological polar surface area (TPSA) is 12.0 Å². The Bertz CT molecular complexity index is 368. The summed E-state index contributed by atoms with van der Waals surface area (Å²) in [6, 6.07) is 5.67. The van der Waals surface area contributed by atoms with Crippen LogP contribution in [0, 0.1) is 24.6 Å². The number of rotatable bonds is 2. The van der Waals surface area contributed by atoms with Gasteiger partial charge in [-0.05, 0) is 36.8 Å². The zero-order valence-corrected chi connectivity index (χ0v) is 11.0. The highest BCUT2D eigenvalue weighted by Gasteiger charge is 2.27. The van der Waals surface area contributed by atoms with Gasteiger partial charge in [0.1, 0.15) is 5.82 Å². The van der Waals surface area contributed by atoms with Crippen LogP contribution in [-0.4, -0.2) is 6.04 Å². The number of nitrogens with one attached hydrogen (secondary N) is 1. The highest BCUT2D eigenvalue weighted by molar-refractivity contribution is 5.52. The summed E-state index contributed by atoms with van der Waals surface area (Å²) in [6.07, 6.45) is 3.70. The molecule has 17 heavy (non-hydrogen) atoms. The third kappa shape index (κ3) is 2.62. The lowest BCUT2D eigenvalue weighted by atomic mass is 9.78. The van der Waals surface area contributed by atoms with Gasteiger partial charge < -0.3 is 5.32 Å². The average Bonchev–Trinajstić information content (AvgIpc) is 2.29. The van der Waals surface area contributed by atoms with E-state index in [1.54, 1.807) is 6.07 Å². The lowest BCUT2D eigenvalue weighted by Gasteiger charge is -2.35. The predicted molar refractivity (Wildman–Crippen MR) is 70.7 cm³/mol. The second-order valence-corrected chi connectivity index (χ2v) is 5.45. The fraction of sp³-hybridized carbons (Fsp3) is 0.600. The number of hydrogen-bond acceptors (Lipinski definition) is 1. The fourth-order valence-electron chi connectivity index (χ4n) is 2.79. The van der Waals surface area contributed by atoms with Crippen molar-refractivity contribution in [3.05, 3.63) is 29.6 Å². The Morgan fingerprint density at radius 3 is 2.71 bits per heavy atom. The first-order valence-electron chi connectivity index (χ1n) is 6.61. The van der Waals surface area contributed by atoms with Crippen molar-refractivity contribution >= 4 is 5.69 Å². The molecular formula is C15H22FN. The SMILES string of the molecule is Cc1cccc(F)c1NC1CCCC(C)C1C.